The first-order valence-electron chi connectivity index (χ1n) is 6.62. The zero-order chi connectivity index (χ0) is 14.6. The Morgan fingerprint density at radius 3 is 2.45 bits per heavy atom. The van der Waals surface area contributed by atoms with Crippen molar-refractivity contribution < 1.29 is 8.42 Å². The molecule has 4 nitrogen and oxygen atoms in total. The zero-order valence-electron chi connectivity index (χ0n) is 11.8. The van der Waals surface area contributed by atoms with Crippen molar-refractivity contribution in [3.05, 3.63) is 48.0 Å². The van der Waals surface area contributed by atoms with Gasteiger partial charge in [-0.2, -0.15) is 0 Å². The summed E-state index contributed by atoms with van der Waals surface area (Å²) >= 11 is 0. The molecule has 0 saturated carbocycles. The van der Waals surface area contributed by atoms with Crippen LogP contribution in [0.5, 0.6) is 0 Å². The summed E-state index contributed by atoms with van der Waals surface area (Å²) in [5.74, 6) is 0. The Balaban J connectivity index is 1.95. The molecule has 2 aromatic rings. The van der Waals surface area contributed by atoms with Gasteiger partial charge < -0.3 is 5.32 Å². The minimum atomic E-state index is -3.11. The molecular formula is C15H20N2O2S. The molecule has 0 saturated heterocycles. The Kier molecular flexibility index (Phi) is 4.75. The Morgan fingerprint density at radius 1 is 1.05 bits per heavy atom. The molecule has 1 unspecified atom stereocenters. The number of rotatable bonds is 6. The van der Waals surface area contributed by atoms with E-state index in [-0.39, 0.29) is 6.04 Å². The lowest BCUT2D eigenvalue weighted by atomic mass is 10.0. The van der Waals surface area contributed by atoms with Crippen LogP contribution in [0.2, 0.25) is 0 Å². The van der Waals surface area contributed by atoms with Gasteiger partial charge in [0.1, 0.15) is 0 Å². The summed E-state index contributed by atoms with van der Waals surface area (Å²) in [5.41, 5.74) is 1.20. The fraction of sp³-hybridized carbons (Fsp3) is 0.333. The second-order valence-corrected chi connectivity index (χ2v) is 6.78. The summed E-state index contributed by atoms with van der Waals surface area (Å²) in [6, 6.07) is 14.8. The molecular weight excluding hydrogens is 272 g/mol. The van der Waals surface area contributed by atoms with E-state index in [0.29, 0.717) is 13.1 Å². The number of benzene rings is 2. The van der Waals surface area contributed by atoms with Gasteiger partial charge in [-0.25, -0.2) is 13.1 Å². The van der Waals surface area contributed by atoms with Gasteiger partial charge in [-0.05, 0) is 29.3 Å². The number of sulfonamides is 1. The van der Waals surface area contributed by atoms with Crippen LogP contribution in [-0.4, -0.2) is 27.8 Å². The van der Waals surface area contributed by atoms with Crippen LogP contribution < -0.4 is 10.0 Å². The minimum absolute atomic E-state index is 0.181. The zero-order valence-corrected chi connectivity index (χ0v) is 12.6. The van der Waals surface area contributed by atoms with Crippen LogP contribution in [0.1, 0.15) is 18.5 Å². The first-order chi connectivity index (χ1) is 9.46. The third-order valence-electron chi connectivity index (χ3n) is 3.21. The topological polar surface area (TPSA) is 58.2 Å². The van der Waals surface area contributed by atoms with E-state index in [0.717, 1.165) is 0 Å². The molecule has 20 heavy (non-hydrogen) atoms. The Labute approximate surface area is 120 Å². The Hall–Kier alpha value is -1.43. The van der Waals surface area contributed by atoms with Crippen LogP contribution in [-0.2, 0) is 10.0 Å². The van der Waals surface area contributed by atoms with Crippen LogP contribution in [0.3, 0.4) is 0 Å². The summed E-state index contributed by atoms with van der Waals surface area (Å²) in [7, 11) is -3.11. The molecule has 0 radical (unpaired) electrons. The van der Waals surface area contributed by atoms with Crippen LogP contribution in [0, 0.1) is 0 Å². The van der Waals surface area contributed by atoms with E-state index in [9.17, 15) is 8.42 Å². The fourth-order valence-electron chi connectivity index (χ4n) is 2.12. The molecule has 2 N–H and O–H groups in total. The number of nitrogens with one attached hydrogen (secondary N) is 2. The van der Waals surface area contributed by atoms with Crippen molar-refractivity contribution in [3.8, 4) is 0 Å². The second kappa shape index (κ2) is 6.35. The lowest BCUT2D eigenvalue weighted by Crippen LogP contribution is -2.32. The van der Waals surface area contributed by atoms with Gasteiger partial charge in [-0.15, -0.1) is 0 Å². The van der Waals surface area contributed by atoms with Crippen molar-refractivity contribution in [2.45, 2.75) is 13.0 Å². The van der Waals surface area contributed by atoms with Crippen LogP contribution in [0.15, 0.2) is 42.5 Å². The van der Waals surface area contributed by atoms with Crippen molar-refractivity contribution in [2.75, 3.05) is 19.3 Å². The Bertz CT molecular complexity index is 683. The molecule has 2 rings (SSSR count). The third kappa shape index (κ3) is 4.30. The average Bonchev–Trinajstić information content (AvgIpc) is 2.42. The highest BCUT2D eigenvalue weighted by atomic mass is 32.2. The Morgan fingerprint density at radius 2 is 1.75 bits per heavy atom. The first kappa shape index (κ1) is 15.0. The summed E-state index contributed by atoms with van der Waals surface area (Å²) in [6.45, 7) is 3.07. The molecule has 0 heterocycles. The summed E-state index contributed by atoms with van der Waals surface area (Å²) in [5, 5.41) is 5.75. The molecule has 0 aliphatic rings. The van der Waals surface area contributed by atoms with Gasteiger partial charge >= 0.3 is 0 Å². The summed E-state index contributed by atoms with van der Waals surface area (Å²) < 4.78 is 24.4. The van der Waals surface area contributed by atoms with Gasteiger partial charge in [0.2, 0.25) is 10.0 Å². The SMILES string of the molecule is CC(NCCNS(C)(=O)=O)c1ccc2ccccc2c1. The lowest BCUT2D eigenvalue weighted by molar-refractivity contribution is 0.557. The van der Waals surface area contributed by atoms with E-state index >= 15 is 0 Å². The van der Waals surface area contributed by atoms with E-state index in [1.807, 2.05) is 12.1 Å². The highest BCUT2D eigenvalue weighted by Gasteiger charge is 2.06. The van der Waals surface area contributed by atoms with E-state index in [1.165, 1.54) is 22.6 Å². The van der Waals surface area contributed by atoms with Crippen LogP contribution >= 0.6 is 0 Å². The molecule has 0 spiro atoms. The third-order valence-corrected chi connectivity index (χ3v) is 3.94. The summed E-state index contributed by atoms with van der Waals surface area (Å²) in [6.07, 6.45) is 1.17. The van der Waals surface area contributed by atoms with Crippen molar-refractivity contribution in [1.29, 1.82) is 0 Å². The van der Waals surface area contributed by atoms with Gasteiger partial charge in [0.15, 0.2) is 0 Å². The molecule has 0 aromatic heterocycles. The maximum absolute atomic E-state index is 11.0. The molecule has 2 aromatic carbocycles. The van der Waals surface area contributed by atoms with Crippen molar-refractivity contribution in [3.63, 3.8) is 0 Å². The van der Waals surface area contributed by atoms with E-state index in [2.05, 4.69) is 47.3 Å². The van der Waals surface area contributed by atoms with E-state index in [4.69, 9.17) is 0 Å². The van der Waals surface area contributed by atoms with Crippen LogP contribution in [0.4, 0.5) is 0 Å². The maximum Gasteiger partial charge on any atom is 0.208 e. The normalized spacial score (nSPS) is 13.5. The second-order valence-electron chi connectivity index (χ2n) is 4.95. The molecule has 1 atom stereocenters. The summed E-state index contributed by atoms with van der Waals surface area (Å²) in [4.78, 5) is 0. The van der Waals surface area contributed by atoms with Gasteiger partial charge in [0.25, 0.3) is 0 Å². The standard InChI is InChI=1S/C15H20N2O2S/c1-12(16-9-10-17-20(2,18)19)14-8-7-13-5-3-4-6-15(13)11-14/h3-8,11-12,16-17H,9-10H2,1-2H3. The molecule has 0 fully saturated rings. The predicted octanol–water partition coefficient (Wildman–Crippen LogP) is 2.04. The van der Waals surface area contributed by atoms with Gasteiger partial charge in [-0.3, -0.25) is 0 Å². The highest BCUT2D eigenvalue weighted by molar-refractivity contribution is 7.88. The maximum atomic E-state index is 11.0. The molecule has 0 amide bonds. The average molecular weight is 292 g/mol. The van der Waals surface area contributed by atoms with Gasteiger partial charge in [0, 0.05) is 19.1 Å². The molecule has 0 aliphatic carbocycles. The molecule has 108 valence electrons. The van der Waals surface area contributed by atoms with E-state index in [1.54, 1.807) is 0 Å². The fourth-order valence-corrected chi connectivity index (χ4v) is 2.59. The van der Waals surface area contributed by atoms with Gasteiger partial charge in [0.05, 0.1) is 6.26 Å². The minimum Gasteiger partial charge on any atom is -0.309 e. The van der Waals surface area contributed by atoms with Crippen molar-refractivity contribution in [2.24, 2.45) is 0 Å². The quantitative estimate of drug-likeness (QED) is 0.801. The first-order valence-corrected chi connectivity index (χ1v) is 8.51. The largest absolute Gasteiger partial charge is 0.309 e. The monoisotopic (exact) mass is 292 g/mol. The smallest absolute Gasteiger partial charge is 0.208 e. The predicted molar refractivity (Wildman–Crippen MR) is 83.2 cm³/mol. The number of hydrogen-bond donors (Lipinski definition) is 2. The van der Waals surface area contributed by atoms with Crippen LogP contribution in [0.25, 0.3) is 10.8 Å². The van der Waals surface area contributed by atoms with E-state index < -0.39 is 10.0 Å². The van der Waals surface area contributed by atoms with Crippen molar-refractivity contribution >= 4 is 20.8 Å². The van der Waals surface area contributed by atoms with Crippen molar-refractivity contribution in [1.82, 2.24) is 10.0 Å². The highest BCUT2D eigenvalue weighted by Crippen LogP contribution is 2.19. The lowest BCUT2D eigenvalue weighted by Gasteiger charge is -2.15. The molecule has 0 bridgehead atoms. The number of fused-ring (bicyclic) bond motifs is 1. The van der Waals surface area contributed by atoms with Gasteiger partial charge in [-0.1, -0.05) is 36.4 Å². The molecule has 5 heteroatoms. The number of hydrogen-bond acceptors (Lipinski definition) is 3. The molecule has 0 aliphatic heterocycles.